The van der Waals surface area contributed by atoms with E-state index in [0.29, 0.717) is 5.41 Å². The van der Waals surface area contributed by atoms with E-state index in [9.17, 15) is 0 Å². The lowest BCUT2D eigenvalue weighted by atomic mass is 9.67. The molecule has 3 heteroatoms. The van der Waals surface area contributed by atoms with Crippen molar-refractivity contribution in [3.05, 3.63) is 18.1 Å². The zero-order chi connectivity index (χ0) is 11.4. The van der Waals surface area contributed by atoms with Gasteiger partial charge in [0.2, 0.25) is 0 Å². The minimum absolute atomic E-state index is 0.539. The van der Waals surface area contributed by atoms with Crippen molar-refractivity contribution < 1.29 is 0 Å². The van der Waals surface area contributed by atoms with Crippen LogP contribution < -0.4 is 5.32 Å². The predicted octanol–water partition coefficient (Wildman–Crippen LogP) is 3.03. The highest BCUT2D eigenvalue weighted by Crippen LogP contribution is 2.43. The second kappa shape index (κ2) is 4.81. The lowest BCUT2D eigenvalue weighted by molar-refractivity contribution is 0.145. The number of anilines is 1. The molecule has 1 aliphatic rings. The van der Waals surface area contributed by atoms with Crippen LogP contribution in [0.4, 0.5) is 5.82 Å². The second-order valence-corrected chi connectivity index (χ2v) is 4.81. The van der Waals surface area contributed by atoms with Gasteiger partial charge in [-0.1, -0.05) is 20.3 Å². The Kier molecular flexibility index (Phi) is 3.42. The van der Waals surface area contributed by atoms with Crippen LogP contribution in [0.25, 0.3) is 0 Å². The number of hydrogen-bond donors (Lipinski definition) is 1. The summed E-state index contributed by atoms with van der Waals surface area (Å²) in [6.45, 7) is 5.47. The standard InChI is InChI=1S/C13H21N3/c1-3-11-8-12(16-10-15-11)14-9-13(4-2)6-5-7-13/h8,10H,3-7,9H2,1-2H3,(H,14,15,16). The van der Waals surface area contributed by atoms with Crippen LogP contribution in [-0.2, 0) is 6.42 Å². The molecule has 0 bridgehead atoms. The summed E-state index contributed by atoms with van der Waals surface area (Å²) < 4.78 is 0. The van der Waals surface area contributed by atoms with Gasteiger partial charge in [0, 0.05) is 18.3 Å². The number of hydrogen-bond acceptors (Lipinski definition) is 3. The Balaban J connectivity index is 1.93. The van der Waals surface area contributed by atoms with Crippen molar-refractivity contribution in [3.63, 3.8) is 0 Å². The predicted molar refractivity (Wildman–Crippen MR) is 66.5 cm³/mol. The van der Waals surface area contributed by atoms with Crippen LogP contribution in [0.15, 0.2) is 12.4 Å². The summed E-state index contributed by atoms with van der Waals surface area (Å²) in [5, 5.41) is 3.46. The maximum Gasteiger partial charge on any atom is 0.129 e. The third kappa shape index (κ3) is 2.34. The summed E-state index contributed by atoms with van der Waals surface area (Å²) in [5.41, 5.74) is 1.65. The summed E-state index contributed by atoms with van der Waals surface area (Å²) >= 11 is 0. The van der Waals surface area contributed by atoms with Gasteiger partial charge in [0.25, 0.3) is 0 Å². The summed E-state index contributed by atoms with van der Waals surface area (Å²) in [6.07, 6.45) is 8.01. The van der Waals surface area contributed by atoms with Crippen LogP contribution in [-0.4, -0.2) is 16.5 Å². The Morgan fingerprint density at radius 2 is 2.12 bits per heavy atom. The zero-order valence-electron chi connectivity index (χ0n) is 10.3. The molecule has 0 aliphatic heterocycles. The minimum atomic E-state index is 0.539. The van der Waals surface area contributed by atoms with Crippen molar-refractivity contribution in [2.24, 2.45) is 5.41 Å². The van der Waals surface area contributed by atoms with Crippen molar-refractivity contribution >= 4 is 5.82 Å². The largest absolute Gasteiger partial charge is 0.369 e. The Morgan fingerprint density at radius 1 is 1.31 bits per heavy atom. The number of aromatic nitrogens is 2. The van der Waals surface area contributed by atoms with Gasteiger partial charge in [-0.3, -0.25) is 0 Å². The van der Waals surface area contributed by atoms with Gasteiger partial charge >= 0.3 is 0 Å². The van der Waals surface area contributed by atoms with Crippen LogP contribution in [0.2, 0.25) is 0 Å². The van der Waals surface area contributed by atoms with E-state index in [1.807, 2.05) is 0 Å². The molecule has 88 valence electrons. The first-order valence-corrected chi connectivity index (χ1v) is 6.33. The second-order valence-electron chi connectivity index (χ2n) is 4.81. The third-order valence-corrected chi connectivity index (χ3v) is 3.89. The molecule has 1 N–H and O–H groups in total. The first kappa shape index (κ1) is 11.4. The van der Waals surface area contributed by atoms with E-state index < -0.39 is 0 Å². The van der Waals surface area contributed by atoms with Gasteiger partial charge in [0.15, 0.2) is 0 Å². The zero-order valence-corrected chi connectivity index (χ0v) is 10.3. The van der Waals surface area contributed by atoms with Crippen molar-refractivity contribution in [2.75, 3.05) is 11.9 Å². The molecular weight excluding hydrogens is 198 g/mol. The lowest BCUT2D eigenvalue weighted by Crippen LogP contribution is -2.36. The van der Waals surface area contributed by atoms with Gasteiger partial charge in [0.05, 0.1) is 0 Å². The highest BCUT2D eigenvalue weighted by molar-refractivity contribution is 5.35. The molecule has 1 fully saturated rings. The first-order chi connectivity index (χ1) is 7.78. The Morgan fingerprint density at radius 3 is 2.69 bits per heavy atom. The minimum Gasteiger partial charge on any atom is -0.369 e. The Hall–Kier alpha value is -1.12. The smallest absolute Gasteiger partial charge is 0.129 e. The average molecular weight is 219 g/mol. The molecule has 0 unspecified atom stereocenters. The van der Waals surface area contributed by atoms with Crippen molar-refractivity contribution in [3.8, 4) is 0 Å². The molecule has 1 aromatic rings. The quantitative estimate of drug-likeness (QED) is 0.827. The summed E-state index contributed by atoms with van der Waals surface area (Å²) in [6, 6.07) is 2.06. The number of nitrogens with one attached hydrogen (secondary N) is 1. The molecule has 0 amide bonds. The van der Waals surface area contributed by atoms with Gasteiger partial charge in [-0.15, -0.1) is 0 Å². The van der Waals surface area contributed by atoms with Crippen LogP contribution in [0, 0.1) is 5.41 Å². The molecule has 1 aromatic heterocycles. The molecule has 0 atom stereocenters. The number of rotatable bonds is 5. The van der Waals surface area contributed by atoms with Gasteiger partial charge in [-0.2, -0.15) is 0 Å². The van der Waals surface area contributed by atoms with E-state index >= 15 is 0 Å². The SMILES string of the molecule is CCc1cc(NCC2(CC)CCC2)ncn1. The third-order valence-electron chi connectivity index (χ3n) is 3.89. The Bertz CT molecular complexity index is 339. The van der Waals surface area contributed by atoms with Gasteiger partial charge < -0.3 is 5.32 Å². The lowest BCUT2D eigenvalue weighted by Gasteiger charge is -2.41. The van der Waals surface area contributed by atoms with Crippen molar-refractivity contribution in [1.29, 1.82) is 0 Å². The maximum atomic E-state index is 4.26. The molecule has 0 spiro atoms. The van der Waals surface area contributed by atoms with Crippen LogP contribution >= 0.6 is 0 Å². The number of nitrogens with zero attached hydrogens (tertiary/aromatic N) is 2. The molecular formula is C13H21N3. The monoisotopic (exact) mass is 219 g/mol. The van der Waals surface area contributed by atoms with E-state index in [-0.39, 0.29) is 0 Å². The molecule has 1 aliphatic carbocycles. The molecule has 0 saturated heterocycles. The number of aryl methyl sites for hydroxylation is 1. The van der Waals surface area contributed by atoms with E-state index in [1.54, 1.807) is 6.33 Å². The van der Waals surface area contributed by atoms with E-state index in [4.69, 9.17) is 0 Å². The fourth-order valence-electron chi connectivity index (χ4n) is 2.30. The normalized spacial score (nSPS) is 17.9. The van der Waals surface area contributed by atoms with E-state index in [2.05, 4.69) is 35.2 Å². The molecule has 3 nitrogen and oxygen atoms in total. The topological polar surface area (TPSA) is 37.8 Å². The summed E-state index contributed by atoms with van der Waals surface area (Å²) in [5.74, 6) is 0.978. The molecule has 0 radical (unpaired) electrons. The fourth-order valence-corrected chi connectivity index (χ4v) is 2.30. The van der Waals surface area contributed by atoms with Crippen LogP contribution in [0.5, 0.6) is 0 Å². The highest BCUT2D eigenvalue weighted by Gasteiger charge is 2.34. The van der Waals surface area contributed by atoms with E-state index in [1.165, 1.54) is 25.7 Å². The maximum absolute atomic E-state index is 4.26. The van der Waals surface area contributed by atoms with Gasteiger partial charge in [-0.25, -0.2) is 9.97 Å². The van der Waals surface area contributed by atoms with Crippen LogP contribution in [0.1, 0.15) is 45.2 Å². The fraction of sp³-hybridized carbons (Fsp3) is 0.692. The average Bonchev–Trinajstić information content (AvgIpc) is 2.29. The Labute approximate surface area is 97.7 Å². The summed E-state index contributed by atoms with van der Waals surface area (Å²) in [4.78, 5) is 8.47. The molecule has 16 heavy (non-hydrogen) atoms. The molecule has 1 heterocycles. The van der Waals surface area contributed by atoms with Gasteiger partial charge in [-0.05, 0) is 31.1 Å². The molecule has 0 aromatic carbocycles. The van der Waals surface area contributed by atoms with Crippen molar-refractivity contribution in [2.45, 2.75) is 46.0 Å². The van der Waals surface area contributed by atoms with Crippen LogP contribution in [0.3, 0.4) is 0 Å². The summed E-state index contributed by atoms with van der Waals surface area (Å²) in [7, 11) is 0. The van der Waals surface area contributed by atoms with E-state index in [0.717, 1.165) is 24.5 Å². The van der Waals surface area contributed by atoms with Crippen molar-refractivity contribution in [1.82, 2.24) is 9.97 Å². The molecule has 1 saturated carbocycles. The molecule has 2 rings (SSSR count). The van der Waals surface area contributed by atoms with Gasteiger partial charge in [0.1, 0.15) is 12.1 Å². The highest BCUT2D eigenvalue weighted by atomic mass is 15.0. The first-order valence-electron chi connectivity index (χ1n) is 6.33.